The Balaban J connectivity index is 2.43. The van der Waals surface area contributed by atoms with Crippen molar-refractivity contribution in [3.8, 4) is 0 Å². The molecule has 2 aromatic rings. The van der Waals surface area contributed by atoms with Gasteiger partial charge in [-0.15, -0.1) is 11.3 Å². The maximum atomic E-state index is 11.4. The Labute approximate surface area is 85.4 Å². The van der Waals surface area contributed by atoms with Gasteiger partial charge in [0.25, 0.3) is 0 Å². The molecule has 2 heterocycles. The summed E-state index contributed by atoms with van der Waals surface area (Å²) in [5.41, 5.74) is 0.508. The van der Waals surface area contributed by atoms with Crippen LogP contribution in [0.3, 0.4) is 0 Å². The van der Waals surface area contributed by atoms with Gasteiger partial charge in [-0.25, -0.2) is 9.78 Å². The fourth-order valence-corrected chi connectivity index (χ4v) is 1.99. The fraction of sp³-hybridized carbons (Fsp3) is 0.400. The Morgan fingerprint density at radius 3 is 3.21 bits per heavy atom. The first kappa shape index (κ1) is 9.40. The number of nitrogens with zero attached hydrogens (tertiary/aromatic N) is 1. The largest absolute Gasteiger partial charge is 0.407 e. The number of rotatable bonds is 3. The highest BCUT2D eigenvalue weighted by Gasteiger charge is 2.06. The average molecular weight is 209 g/mol. The third-order valence-corrected chi connectivity index (χ3v) is 2.91. The summed E-state index contributed by atoms with van der Waals surface area (Å²) >= 11 is 1.38. The number of hydrogen-bond acceptors (Lipinski definition) is 4. The number of thiophene rings is 1. The van der Waals surface area contributed by atoms with Gasteiger partial charge in [0.15, 0.2) is 5.89 Å². The lowest BCUT2D eigenvalue weighted by atomic mass is 10.2. The second kappa shape index (κ2) is 3.92. The molecule has 0 atom stereocenters. The van der Waals surface area contributed by atoms with Crippen LogP contribution in [0.5, 0.6) is 0 Å². The monoisotopic (exact) mass is 209 g/mol. The van der Waals surface area contributed by atoms with Crippen LogP contribution in [0, 0.1) is 0 Å². The second-order valence-corrected chi connectivity index (χ2v) is 4.05. The molecule has 0 N–H and O–H groups in total. The van der Waals surface area contributed by atoms with E-state index in [1.165, 1.54) is 11.3 Å². The first-order chi connectivity index (χ1) is 6.81. The van der Waals surface area contributed by atoms with Crippen LogP contribution in [-0.4, -0.2) is 4.98 Å². The maximum absolute atomic E-state index is 11.4. The van der Waals surface area contributed by atoms with Crippen LogP contribution < -0.4 is 5.63 Å². The van der Waals surface area contributed by atoms with E-state index in [-0.39, 0.29) is 5.63 Å². The first-order valence-electron chi connectivity index (χ1n) is 4.68. The molecule has 0 amide bonds. The van der Waals surface area contributed by atoms with E-state index >= 15 is 0 Å². The minimum atomic E-state index is -0.254. The summed E-state index contributed by atoms with van der Waals surface area (Å²) in [5.74, 6) is 0.558. The lowest BCUT2D eigenvalue weighted by Crippen LogP contribution is -2.02. The zero-order chi connectivity index (χ0) is 9.97. The number of hydrogen-bond donors (Lipinski definition) is 0. The lowest BCUT2D eigenvalue weighted by molar-refractivity contribution is 0.439. The minimum absolute atomic E-state index is 0.254. The molecule has 2 rings (SSSR count). The standard InChI is InChI=1S/C10H11NO2S/c1-2-3-4-8-11-7-5-6-14-9(7)10(12)13-8/h5-6H,2-4H2,1H3. The van der Waals surface area contributed by atoms with Crippen molar-refractivity contribution in [1.29, 1.82) is 0 Å². The fourth-order valence-electron chi connectivity index (χ4n) is 1.29. The molecule has 4 heteroatoms. The van der Waals surface area contributed by atoms with Gasteiger partial charge >= 0.3 is 5.63 Å². The van der Waals surface area contributed by atoms with Crippen molar-refractivity contribution in [2.24, 2.45) is 0 Å². The first-order valence-corrected chi connectivity index (χ1v) is 5.56. The molecule has 3 nitrogen and oxygen atoms in total. The van der Waals surface area contributed by atoms with E-state index in [0.29, 0.717) is 10.6 Å². The molecule has 0 aromatic carbocycles. The third kappa shape index (κ3) is 1.70. The van der Waals surface area contributed by atoms with Crippen LogP contribution >= 0.6 is 11.3 Å². The third-order valence-electron chi connectivity index (χ3n) is 2.03. The van der Waals surface area contributed by atoms with Crippen LogP contribution in [0.4, 0.5) is 0 Å². The number of aromatic nitrogens is 1. The Hall–Kier alpha value is -1.16. The zero-order valence-corrected chi connectivity index (χ0v) is 8.76. The van der Waals surface area contributed by atoms with E-state index in [0.717, 1.165) is 24.8 Å². The van der Waals surface area contributed by atoms with Crippen molar-refractivity contribution in [2.75, 3.05) is 0 Å². The zero-order valence-electron chi connectivity index (χ0n) is 7.95. The summed E-state index contributed by atoms with van der Waals surface area (Å²) in [6.45, 7) is 2.10. The van der Waals surface area contributed by atoms with E-state index in [1.807, 2.05) is 11.4 Å². The van der Waals surface area contributed by atoms with E-state index in [4.69, 9.17) is 4.42 Å². The second-order valence-electron chi connectivity index (χ2n) is 3.13. The van der Waals surface area contributed by atoms with Crippen LogP contribution in [0.1, 0.15) is 25.7 Å². The van der Waals surface area contributed by atoms with Gasteiger partial charge in [0.1, 0.15) is 4.70 Å². The predicted molar refractivity (Wildman–Crippen MR) is 56.8 cm³/mol. The molecule has 0 aliphatic rings. The molecule has 0 aliphatic heterocycles. The Kier molecular flexibility index (Phi) is 2.63. The molecule has 0 unspecified atom stereocenters. The molecule has 0 saturated heterocycles. The molecule has 0 fully saturated rings. The molecule has 0 radical (unpaired) electrons. The highest BCUT2D eigenvalue weighted by Crippen LogP contribution is 2.15. The lowest BCUT2D eigenvalue weighted by Gasteiger charge is -1.96. The molecule has 0 spiro atoms. The summed E-state index contributed by atoms with van der Waals surface area (Å²) < 4.78 is 5.71. The summed E-state index contributed by atoms with van der Waals surface area (Å²) in [6.07, 6.45) is 2.83. The Morgan fingerprint density at radius 1 is 1.57 bits per heavy atom. The van der Waals surface area contributed by atoms with Crippen molar-refractivity contribution < 1.29 is 4.42 Å². The van der Waals surface area contributed by atoms with E-state index in [1.54, 1.807) is 0 Å². The molecular weight excluding hydrogens is 198 g/mol. The Bertz CT molecular complexity index is 486. The molecular formula is C10H11NO2S. The van der Waals surface area contributed by atoms with Crippen molar-refractivity contribution in [2.45, 2.75) is 26.2 Å². The van der Waals surface area contributed by atoms with Gasteiger partial charge in [0.2, 0.25) is 0 Å². The molecule has 74 valence electrons. The van der Waals surface area contributed by atoms with Gasteiger partial charge in [0.05, 0.1) is 5.52 Å². The van der Waals surface area contributed by atoms with Gasteiger partial charge in [-0.1, -0.05) is 13.3 Å². The highest BCUT2D eigenvalue weighted by molar-refractivity contribution is 7.17. The molecule has 14 heavy (non-hydrogen) atoms. The SMILES string of the molecule is CCCCc1nc2ccsc2c(=O)o1. The predicted octanol–water partition coefficient (Wildman–Crippen LogP) is 2.59. The van der Waals surface area contributed by atoms with Gasteiger partial charge in [-0.05, 0) is 17.9 Å². The van der Waals surface area contributed by atoms with Crippen molar-refractivity contribution in [3.05, 3.63) is 27.8 Å². The summed E-state index contributed by atoms with van der Waals surface area (Å²) in [5, 5.41) is 1.86. The number of fused-ring (bicyclic) bond motifs is 1. The quantitative estimate of drug-likeness (QED) is 0.780. The summed E-state index contributed by atoms with van der Waals surface area (Å²) in [6, 6.07) is 1.85. The van der Waals surface area contributed by atoms with E-state index in [2.05, 4.69) is 11.9 Å². The van der Waals surface area contributed by atoms with E-state index in [9.17, 15) is 4.79 Å². The van der Waals surface area contributed by atoms with Gasteiger partial charge in [-0.2, -0.15) is 0 Å². The summed E-state index contributed by atoms with van der Waals surface area (Å²) in [7, 11) is 0. The Morgan fingerprint density at radius 2 is 2.43 bits per heavy atom. The molecule has 0 bridgehead atoms. The molecule has 0 aliphatic carbocycles. The maximum Gasteiger partial charge on any atom is 0.357 e. The van der Waals surface area contributed by atoms with Crippen molar-refractivity contribution in [1.82, 2.24) is 4.98 Å². The topological polar surface area (TPSA) is 43.1 Å². The van der Waals surface area contributed by atoms with Crippen LogP contribution in [-0.2, 0) is 6.42 Å². The van der Waals surface area contributed by atoms with Gasteiger partial charge < -0.3 is 4.42 Å². The van der Waals surface area contributed by atoms with Crippen LogP contribution in [0.2, 0.25) is 0 Å². The average Bonchev–Trinajstić information content (AvgIpc) is 2.63. The van der Waals surface area contributed by atoms with Crippen molar-refractivity contribution >= 4 is 21.6 Å². The van der Waals surface area contributed by atoms with Crippen molar-refractivity contribution in [3.63, 3.8) is 0 Å². The molecule has 0 saturated carbocycles. The van der Waals surface area contributed by atoms with Gasteiger partial charge in [-0.3, -0.25) is 0 Å². The normalized spacial score (nSPS) is 10.9. The number of unbranched alkanes of at least 4 members (excludes halogenated alkanes) is 1. The highest BCUT2D eigenvalue weighted by atomic mass is 32.1. The summed E-state index contributed by atoms with van der Waals surface area (Å²) in [4.78, 5) is 15.7. The number of aryl methyl sites for hydroxylation is 1. The smallest absolute Gasteiger partial charge is 0.357 e. The van der Waals surface area contributed by atoms with Crippen LogP contribution in [0.25, 0.3) is 10.2 Å². The van der Waals surface area contributed by atoms with Gasteiger partial charge in [0, 0.05) is 6.42 Å². The van der Waals surface area contributed by atoms with Crippen LogP contribution in [0.15, 0.2) is 20.7 Å². The molecule has 2 aromatic heterocycles. The van der Waals surface area contributed by atoms with E-state index < -0.39 is 0 Å². The minimum Gasteiger partial charge on any atom is -0.407 e.